The fourth-order valence-electron chi connectivity index (χ4n) is 1.36. The predicted molar refractivity (Wildman–Crippen MR) is 79.5 cm³/mol. The van der Waals surface area contributed by atoms with Crippen molar-refractivity contribution < 1.29 is 19.2 Å². The van der Waals surface area contributed by atoms with Gasteiger partial charge < -0.3 is 9.84 Å². The molecule has 0 radical (unpaired) electrons. The second-order valence-electron chi connectivity index (χ2n) is 3.93. The van der Waals surface area contributed by atoms with E-state index in [-0.39, 0.29) is 10.3 Å². The van der Waals surface area contributed by atoms with Crippen molar-refractivity contribution in [1.82, 2.24) is 0 Å². The SMILES string of the molecule is CC(I)Oc1ccccc1[P+](=O)CC(C)C(=O)O. The summed E-state index contributed by atoms with van der Waals surface area (Å²) in [6, 6.07) is 7.06. The molecule has 18 heavy (non-hydrogen) atoms. The number of aliphatic carboxylic acids is 1. The van der Waals surface area contributed by atoms with Crippen LogP contribution < -0.4 is 10.0 Å². The summed E-state index contributed by atoms with van der Waals surface area (Å²) in [4.78, 5) is 10.8. The van der Waals surface area contributed by atoms with Gasteiger partial charge in [-0.05, 0) is 48.6 Å². The Morgan fingerprint density at radius 2 is 2.06 bits per heavy atom. The van der Waals surface area contributed by atoms with Crippen LogP contribution in [0.25, 0.3) is 0 Å². The van der Waals surface area contributed by atoms with E-state index in [9.17, 15) is 9.36 Å². The van der Waals surface area contributed by atoms with Crippen molar-refractivity contribution in [2.45, 2.75) is 18.0 Å². The van der Waals surface area contributed by atoms with Crippen molar-refractivity contribution in [3.63, 3.8) is 0 Å². The Kier molecular flexibility index (Phi) is 6.02. The van der Waals surface area contributed by atoms with Gasteiger partial charge in [0, 0.05) is 0 Å². The monoisotopic (exact) mass is 381 g/mol. The van der Waals surface area contributed by atoms with Crippen LogP contribution in [0.2, 0.25) is 0 Å². The van der Waals surface area contributed by atoms with E-state index in [1.165, 1.54) is 0 Å². The van der Waals surface area contributed by atoms with Gasteiger partial charge in [0.1, 0.15) is 4.11 Å². The fraction of sp³-hybridized carbons (Fsp3) is 0.417. The molecule has 0 saturated heterocycles. The van der Waals surface area contributed by atoms with Crippen LogP contribution in [0.3, 0.4) is 0 Å². The smallest absolute Gasteiger partial charge is 0.381 e. The van der Waals surface area contributed by atoms with Gasteiger partial charge in [-0.25, -0.2) is 0 Å². The van der Waals surface area contributed by atoms with Crippen molar-refractivity contribution in [3.8, 4) is 5.75 Å². The first-order valence-corrected chi connectivity index (χ1v) is 8.18. The number of alkyl halides is 1. The average molecular weight is 381 g/mol. The summed E-state index contributed by atoms with van der Waals surface area (Å²) in [5.41, 5.74) is 0. The summed E-state index contributed by atoms with van der Waals surface area (Å²) in [5.74, 6) is -0.990. The lowest BCUT2D eigenvalue weighted by Gasteiger charge is -2.08. The first kappa shape index (κ1) is 15.4. The van der Waals surface area contributed by atoms with Crippen LogP contribution in [-0.4, -0.2) is 21.3 Å². The van der Waals surface area contributed by atoms with E-state index >= 15 is 0 Å². The van der Waals surface area contributed by atoms with E-state index < -0.39 is 19.7 Å². The maximum atomic E-state index is 12.2. The minimum Gasteiger partial charge on any atom is -0.481 e. The maximum absolute atomic E-state index is 12.2. The van der Waals surface area contributed by atoms with Gasteiger partial charge in [0.15, 0.2) is 11.9 Å². The molecule has 0 aliphatic heterocycles. The van der Waals surface area contributed by atoms with Crippen LogP contribution in [0.5, 0.6) is 5.75 Å². The molecular weight excluding hydrogens is 366 g/mol. The number of carboxylic acids is 1. The Hall–Kier alpha value is -0.680. The third kappa shape index (κ3) is 4.53. The minimum atomic E-state index is -1.76. The van der Waals surface area contributed by atoms with Crippen molar-refractivity contribution in [2.75, 3.05) is 6.16 Å². The zero-order valence-electron chi connectivity index (χ0n) is 10.2. The molecular formula is C12H15IO4P+. The summed E-state index contributed by atoms with van der Waals surface area (Å²) < 4.78 is 17.7. The van der Waals surface area contributed by atoms with E-state index in [0.717, 1.165) is 0 Å². The van der Waals surface area contributed by atoms with Crippen molar-refractivity contribution in [2.24, 2.45) is 5.92 Å². The molecule has 0 heterocycles. The quantitative estimate of drug-likeness (QED) is 0.468. The summed E-state index contributed by atoms with van der Waals surface area (Å²) in [5, 5.41) is 9.42. The maximum Gasteiger partial charge on any atom is 0.381 e. The number of hydrogen-bond donors (Lipinski definition) is 1. The molecule has 0 amide bonds. The Balaban J connectivity index is 2.88. The highest BCUT2D eigenvalue weighted by Gasteiger charge is 2.30. The lowest BCUT2D eigenvalue weighted by atomic mass is 10.2. The molecule has 0 fully saturated rings. The van der Waals surface area contributed by atoms with E-state index in [2.05, 4.69) is 22.6 Å². The van der Waals surface area contributed by atoms with Crippen LogP contribution in [0.1, 0.15) is 13.8 Å². The molecule has 0 saturated carbocycles. The Bertz CT molecular complexity index is 447. The van der Waals surface area contributed by atoms with E-state index in [4.69, 9.17) is 9.84 Å². The molecule has 3 unspecified atom stereocenters. The highest BCUT2D eigenvalue weighted by atomic mass is 127. The number of ether oxygens (including phenoxy) is 1. The van der Waals surface area contributed by atoms with Gasteiger partial charge in [0.05, 0.1) is 5.92 Å². The number of carboxylic acid groups (broad SMARTS) is 1. The molecule has 1 aromatic carbocycles. The first-order chi connectivity index (χ1) is 8.41. The highest BCUT2D eigenvalue weighted by molar-refractivity contribution is 14.1. The fourth-order valence-corrected chi connectivity index (χ4v) is 3.11. The highest BCUT2D eigenvalue weighted by Crippen LogP contribution is 2.29. The van der Waals surface area contributed by atoms with Gasteiger partial charge in [-0.3, -0.25) is 4.79 Å². The number of rotatable bonds is 6. The third-order valence-electron chi connectivity index (χ3n) is 2.28. The Morgan fingerprint density at radius 3 is 2.61 bits per heavy atom. The van der Waals surface area contributed by atoms with Crippen LogP contribution in [0, 0.1) is 5.92 Å². The first-order valence-electron chi connectivity index (χ1n) is 5.49. The van der Waals surface area contributed by atoms with Gasteiger partial charge in [0.2, 0.25) is 5.30 Å². The summed E-state index contributed by atoms with van der Waals surface area (Å²) in [7, 11) is -1.76. The lowest BCUT2D eigenvalue weighted by Crippen LogP contribution is -2.16. The molecule has 1 N–H and O–H groups in total. The summed E-state index contributed by atoms with van der Waals surface area (Å²) in [6.45, 7) is 3.43. The van der Waals surface area contributed by atoms with Gasteiger partial charge in [0.25, 0.3) is 0 Å². The molecule has 0 aromatic heterocycles. The van der Waals surface area contributed by atoms with Crippen molar-refractivity contribution in [1.29, 1.82) is 0 Å². The molecule has 3 atom stereocenters. The van der Waals surface area contributed by atoms with Crippen LogP contribution >= 0.6 is 30.4 Å². The summed E-state index contributed by atoms with van der Waals surface area (Å²) in [6.07, 6.45) is 0.126. The predicted octanol–water partition coefficient (Wildman–Crippen LogP) is 3.02. The number of hydrogen-bond acceptors (Lipinski definition) is 3. The Morgan fingerprint density at radius 1 is 1.44 bits per heavy atom. The number of para-hydroxylation sites is 1. The molecule has 4 nitrogen and oxygen atoms in total. The lowest BCUT2D eigenvalue weighted by molar-refractivity contribution is -0.140. The minimum absolute atomic E-state index is 0.0379. The molecule has 0 aliphatic carbocycles. The number of halogens is 1. The Labute approximate surface area is 121 Å². The second-order valence-corrected chi connectivity index (χ2v) is 7.29. The van der Waals surface area contributed by atoms with Crippen LogP contribution in [-0.2, 0) is 9.36 Å². The molecule has 1 rings (SSSR count). The van der Waals surface area contributed by atoms with Crippen molar-refractivity contribution in [3.05, 3.63) is 24.3 Å². The topological polar surface area (TPSA) is 63.6 Å². The van der Waals surface area contributed by atoms with E-state index in [1.54, 1.807) is 25.1 Å². The molecule has 98 valence electrons. The summed E-state index contributed by atoms with van der Waals surface area (Å²) >= 11 is 2.11. The molecule has 6 heteroatoms. The van der Waals surface area contributed by atoms with Crippen LogP contribution in [0.4, 0.5) is 0 Å². The number of benzene rings is 1. The zero-order chi connectivity index (χ0) is 13.7. The van der Waals surface area contributed by atoms with E-state index in [0.29, 0.717) is 11.1 Å². The van der Waals surface area contributed by atoms with Gasteiger partial charge in [-0.15, -0.1) is 0 Å². The van der Waals surface area contributed by atoms with Crippen LogP contribution in [0.15, 0.2) is 24.3 Å². The molecule has 0 aliphatic rings. The second kappa shape index (κ2) is 7.04. The zero-order valence-corrected chi connectivity index (χ0v) is 13.2. The van der Waals surface area contributed by atoms with Crippen molar-refractivity contribution >= 4 is 41.7 Å². The largest absolute Gasteiger partial charge is 0.481 e. The standard InChI is InChI=1S/C12H14IO4P/c1-8(12(14)15)7-18(16)11-6-4-3-5-10(11)17-9(2)13/h3-6,8-9H,7H2,1-2H3/p+1. The van der Waals surface area contributed by atoms with E-state index in [1.807, 2.05) is 13.0 Å². The normalized spacial score (nSPS) is 14.7. The average Bonchev–Trinajstić information content (AvgIpc) is 2.28. The molecule has 1 aromatic rings. The third-order valence-corrected chi connectivity index (χ3v) is 4.33. The number of carbonyl (C=O) groups is 1. The van der Waals surface area contributed by atoms with Gasteiger partial charge >= 0.3 is 13.8 Å². The molecule has 0 bridgehead atoms. The van der Waals surface area contributed by atoms with Gasteiger partial charge in [-0.1, -0.05) is 16.7 Å². The van der Waals surface area contributed by atoms with Gasteiger partial charge in [-0.2, -0.15) is 0 Å². The molecule has 0 spiro atoms.